The van der Waals surface area contributed by atoms with Crippen LogP contribution in [0.2, 0.25) is 0 Å². The molecule has 0 saturated heterocycles. The van der Waals surface area contributed by atoms with E-state index in [9.17, 15) is 10.2 Å². The van der Waals surface area contributed by atoms with Gasteiger partial charge in [-0.05, 0) is 58.5 Å². The molecule has 0 bridgehead atoms. The van der Waals surface area contributed by atoms with Gasteiger partial charge in [0.2, 0.25) is 0 Å². The van der Waals surface area contributed by atoms with E-state index in [-0.39, 0.29) is 18.4 Å². The van der Waals surface area contributed by atoms with E-state index < -0.39 is 0 Å². The Bertz CT molecular complexity index is 795. The van der Waals surface area contributed by atoms with Crippen molar-refractivity contribution in [2.45, 2.75) is 0 Å². The predicted molar refractivity (Wildman–Crippen MR) is 87.3 cm³/mol. The minimum absolute atomic E-state index is 0.206. The molecule has 0 saturated carbocycles. The van der Waals surface area contributed by atoms with E-state index >= 15 is 0 Å². The van der Waals surface area contributed by atoms with Gasteiger partial charge >= 0.3 is 6.92 Å². The molecule has 0 atom stereocenters. The van der Waals surface area contributed by atoms with Crippen molar-refractivity contribution in [1.29, 1.82) is 0 Å². The van der Waals surface area contributed by atoms with Gasteiger partial charge < -0.3 is 14.9 Å². The van der Waals surface area contributed by atoms with Crippen LogP contribution >= 0.6 is 0 Å². The summed E-state index contributed by atoms with van der Waals surface area (Å²) in [5.74, 6) is 1.16. The van der Waals surface area contributed by atoms with Crippen LogP contribution in [0.5, 0.6) is 17.2 Å². The molecule has 0 amide bonds. The zero-order chi connectivity index (χ0) is 15.1. The van der Waals surface area contributed by atoms with Gasteiger partial charge in [0, 0.05) is 0 Å². The van der Waals surface area contributed by atoms with Crippen molar-refractivity contribution in [3.63, 3.8) is 0 Å². The fourth-order valence-corrected chi connectivity index (χ4v) is 2.95. The number of hydrogen-bond donors (Lipinski definition) is 2. The molecule has 3 aromatic rings. The highest BCUT2D eigenvalue weighted by atomic mass is 16.4. The molecule has 4 rings (SSSR count). The maximum absolute atomic E-state index is 9.81. The van der Waals surface area contributed by atoms with Gasteiger partial charge in [-0.25, -0.2) is 0 Å². The number of hydrogen-bond acceptors (Lipinski definition) is 3. The Hall–Kier alpha value is -2.88. The second-order valence-electron chi connectivity index (χ2n) is 5.35. The first kappa shape index (κ1) is 12.8. The summed E-state index contributed by atoms with van der Waals surface area (Å²) in [6.45, 7) is -0.341. The second kappa shape index (κ2) is 4.84. The van der Waals surface area contributed by atoms with E-state index in [2.05, 4.69) is 0 Å². The van der Waals surface area contributed by atoms with Gasteiger partial charge in [-0.3, -0.25) is 0 Å². The SMILES string of the molecule is Oc1ccc2c(c1)B(Oc1ccccc1)c1cc(O)ccc1-2. The Morgan fingerprint density at radius 1 is 0.682 bits per heavy atom. The third-order valence-electron chi connectivity index (χ3n) is 3.92. The van der Waals surface area contributed by atoms with Gasteiger partial charge in [-0.2, -0.15) is 0 Å². The number of phenols is 2. The van der Waals surface area contributed by atoms with Crippen LogP contribution in [-0.2, 0) is 0 Å². The van der Waals surface area contributed by atoms with Crippen LogP contribution in [0.25, 0.3) is 11.1 Å². The topological polar surface area (TPSA) is 49.7 Å². The Morgan fingerprint density at radius 2 is 1.23 bits per heavy atom. The van der Waals surface area contributed by atoms with Gasteiger partial charge in [0.15, 0.2) is 0 Å². The number of aromatic hydroxyl groups is 2. The van der Waals surface area contributed by atoms with Crippen LogP contribution in [-0.4, -0.2) is 17.1 Å². The lowest BCUT2D eigenvalue weighted by Crippen LogP contribution is -2.43. The van der Waals surface area contributed by atoms with Crippen molar-refractivity contribution in [3.05, 3.63) is 66.7 Å². The summed E-state index contributed by atoms with van der Waals surface area (Å²) in [6, 6.07) is 20.1. The largest absolute Gasteiger partial charge is 0.551 e. The zero-order valence-electron chi connectivity index (χ0n) is 11.7. The Kier molecular flexibility index (Phi) is 2.83. The van der Waals surface area contributed by atoms with Gasteiger partial charge in [0.25, 0.3) is 0 Å². The van der Waals surface area contributed by atoms with Crippen LogP contribution in [0.1, 0.15) is 0 Å². The van der Waals surface area contributed by atoms with E-state index in [1.807, 2.05) is 42.5 Å². The molecule has 0 aromatic heterocycles. The lowest BCUT2D eigenvalue weighted by atomic mass is 9.58. The van der Waals surface area contributed by atoms with E-state index in [4.69, 9.17) is 4.65 Å². The smallest absolute Gasteiger partial charge is 0.428 e. The second-order valence-corrected chi connectivity index (χ2v) is 5.35. The highest BCUT2D eigenvalue weighted by Gasteiger charge is 2.36. The summed E-state index contributed by atoms with van der Waals surface area (Å²) >= 11 is 0. The fraction of sp³-hybridized carbons (Fsp3) is 0. The lowest BCUT2D eigenvalue weighted by molar-refractivity contribution is 0.475. The Labute approximate surface area is 128 Å². The third-order valence-corrected chi connectivity index (χ3v) is 3.92. The first-order valence-corrected chi connectivity index (χ1v) is 7.10. The van der Waals surface area contributed by atoms with Crippen molar-refractivity contribution in [1.82, 2.24) is 0 Å². The molecule has 2 N–H and O–H groups in total. The summed E-state index contributed by atoms with van der Waals surface area (Å²) in [6.07, 6.45) is 0. The normalized spacial score (nSPS) is 11.9. The maximum Gasteiger partial charge on any atom is 0.428 e. The van der Waals surface area contributed by atoms with E-state index in [1.165, 1.54) is 0 Å². The van der Waals surface area contributed by atoms with E-state index in [0.717, 1.165) is 27.8 Å². The zero-order valence-corrected chi connectivity index (χ0v) is 11.7. The van der Waals surface area contributed by atoms with Crippen LogP contribution in [0.4, 0.5) is 0 Å². The quantitative estimate of drug-likeness (QED) is 0.711. The fourth-order valence-electron chi connectivity index (χ4n) is 2.95. The molecule has 0 spiro atoms. The number of para-hydroxylation sites is 1. The molecule has 1 aliphatic rings. The number of fused-ring (bicyclic) bond motifs is 3. The van der Waals surface area contributed by atoms with E-state index in [0.29, 0.717) is 0 Å². The summed E-state index contributed by atoms with van der Waals surface area (Å²) in [7, 11) is 0. The number of rotatable bonds is 2. The van der Waals surface area contributed by atoms with Crippen molar-refractivity contribution < 1.29 is 14.9 Å². The monoisotopic (exact) mass is 288 g/mol. The molecule has 22 heavy (non-hydrogen) atoms. The van der Waals surface area contributed by atoms with Crippen molar-refractivity contribution >= 4 is 17.8 Å². The molecular weight excluding hydrogens is 275 g/mol. The minimum atomic E-state index is -0.341. The first-order valence-electron chi connectivity index (χ1n) is 7.10. The van der Waals surface area contributed by atoms with Crippen molar-refractivity contribution in [2.75, 3.05) is 0 Å². The van der Waals surface area contributed by atoms with Crippen molar-refractivity contribution in [3.8, 4) is 28.4 Å². The van der Waals surface area contributed by atoms with Crippen LogP contribution in [0.15, 0.2) is 66.7 Å². The van der Waals surface area contributed by atoms with Gasteiger partial charge in [0.1, 0.15) is 11.5 Å². The van der Waals surface area contributed by atoms with Crippen LogP contribution in [0.3, 0.4) is 0 Å². The molecule has 1 heterocycles. The van der Waals surface area contributed by atoms with Gasteiger partial charge in [0.05, 0.1) is 5.75 Å². The summed E-state index contributed by atoms with van der Waals surface area (Å²) < 4.78 is 6.12. The highest BCUT2D eigenvalue weighted by molar-refractivity contribution is 6.85. The van der Waals surface area contributed by atoms with Crippen LogP contribution < -0.4 is 15.6 Å². The molecule has 106 valence electrons. The predicted octanol–water partition coefficient (Wildman–Crippen LogP) is 2.26. The minimum Gasteiger partial charge on any atom is -0.551 e. The van der Waals surface area contributed by atoms with Crippen LogP contribution in [0, 0.1) is 0 Å². The third kappa shape index (κ3) is 2.01. The highest BCUT2D eigenvalue weighted by Crippen LogP contribution is 2.28. The molecule has 4 heteroatoms. The lowest BCUT2D eigenvalue weighted by Gasteiger charge is -2.13. The average Bonchev–Trinajstić information content (AvgIpc) is 2.81. The maximum atomic E-state index is 9.81. The molecule has 1 aliphatic heterocycles. The number of benzene rings is 3. The van der Waals surface area contributed by atoms with Gasteiger partial charge in [-0.15, -0.1) is 0 Å². The first-order chi connectivity index (χ1) is 10.7. The van der Waals surface area contributed by atoms with E-state index in [1.54, 1.807) is 24.3 Å². The van der Waals surface area contributed by atoms with Crippen molar-refractivity contribution in [2.24, 2.45) is 0 Å². The molecular formula is C18H13BO3. The van der Waals surface area contributed by atoms with Gasteiger partial charge in [-0.1, -0.05) is 30.3 Å². The molecule has 3 nitrogen and oxygen atoms in total. The standard InChI is InChI=1S/C18H13BO3/c20-12-6-8-15-16-9-7-13(21)11-18(16)19(17(15)10-12)22-14-4-2-1-3-5-14/h1-11,20-21H. The molecule has 0 fully saturated rings. The summed E-state index contributed by atoms with van der Waals surface area (Å²) in [5.41, 5.74) is 3.86. The number of phenolic OH excluding ortho intramolecular Hbond substituents is 2. The molecule has 0 aliphatic carbocycles. The Morgan fingerprint density at radius 3 is 1.77 bits per heavy atom. The molecule has 0 unspecified atom stereocenters. The summed E-state index contributed by atoms with van der Waals surface area (Å²) in [5, 5.41) is 19.6. The summed E-state index contributed by atoms with van der Waals surface area (Å²) in [4.78, 5) is 0. The molecule has 3 aromatic carbocycles. The Balaban J connectivity index is 1.87. The molecule has 0 radical (unpaired) electrons. The average molecular weight is 288 g/mol.